The van der Waals surface area contributed by atoms with Gasteiger partial charge in [-0.05, 0) is 56.5 Å². The molecule has 0 saturated carbocycles. The molecule has 7 nitrogen and oxygen atoms in total. The van der Waals surface area contributed by atoms with Crippen molar-refractivity contribution in [1.82, 2.24) is 0 Å². The summed E-state index contributed by atoms with van der Waals surface area (Å²) in [6, 6.07) is 8.87. The molecular weight excluding hydrogens is 416 g/mol. The molecule has 0 radical (unpaired) electrons. The molecule has 1 heterocycles. The van der Waals surface area contributed by atoms with E-state index in [1.807, 2.05) is 13.0 Å². The summed E-state index contributed by atoms with van der Waals surface area (Å²) in [6.07, 6.45) is 2.33. The van der Waals surface area contributed by atoms with E-state index in [1.165, 1.54) is 13.0 Å². The lowest BCUT2D eigenvalue weighted by Gasteiger charge is -2.07. The molecule has 1 aromatic carbocycles. The monoisotopic (exact) mass is 440 g/mol. The number of Topliss-reactive ketones (excluding diaryl/α,β-unsaturated/α-hetero) is 1. The van der Waals surface area contributed by atoms with Crippen LogP contribution < -0.4 is 10.1 Å². The van der Waals surface area contributed by atoms with Gasteiger partial charge in [-0.1, -0.05) is 19.1 Å². The molecule has 0 saturated heterocycles. The number of ketones is 1. The zero-order valence-corrected chi connectivity index (χ0v) is 18.7. The predicted molar refractivity (Wildman–Crippen MR) is 119 cm³/mol. The number of nitriles is 1. The minimum absolute atomic E-state index is 0.125. The number of carbonyl (C=O) groups excluding carboxylic acids is 3. The van der Waals surface area contributed by atoms with E-state index in [2.05, 4.69) is 5.32 Å². The molecular formula is C23H24N2O5S. The van der Waals surface area contributed by atoms with Crippen LogP contribution in [0.2, 0.25) is 0 Å². The van der Waals surface area contributed by atoms with Gasteiger partial charge in [0, 0.05) is 0 Å². The summed E-state index contributed by atoms with van der Waals surface area (Å²) in [5.74, 6) is -0.846. The first-order valence-electron chi connectivity index (χ1n) is 9.79. The van der Waals surface area contributed by atoms with Crippen LogP contribution in [-0.2, 0) is 9.53 Å². The fourth-order valence-corrected chi connectivity index (χ4v) is 3.84. The molecule has 1 aromatic heterocycles. The van der Waals surface area contributed by atoms with Crippen molar-refractivity contribution in [2.75, 3.05) is 18.5 Å². The predicted octanol–water partition coefficient (Wildman–Crippen LogP) is 4.77. The summed E-state index contributed by atoms with van der Waals surface area (Å²) in [7, 11) is 0. The molecule has 8 heteroatoms. The first kappa shape index (κ1) is 23.8. The quantitative estimate of drug-likeness (QED) is 0.261. The van der Waals surface area contributed by atoms with Gasteiger partial charge in [0.1, 0.15) is 22.4 Å². The van der Waals surface area contributed by atoms with Gasteiger partial charge in [0.05, 0.1) is 23.7 Å². The molecule has 0 bridgehead atoms. The molecule has 0 aliphatic heterocycles. The fraction of sp³-hybridized carbons (Fsp3) is 0.304. The number of hydrogen-bond acceptors (Lipinski definition) is 7. The van der Waals surface area contributed by atoms with Gasteiger partial charge in [-0.15, -0.1) is 11.3 Å². The van der Waals surface area contributed by atoms with Crippen molar-refractivity contribution in [2.24, 2.45) is 0 Å². The maximum Gasteiger partial charge on any atom is 0.341 e. The van der Waals surface area contributed by atoms with Crippen LogP contribution in [0.25, 0.3) is 6.08 Å². The zero-order chi connectivity index (χ0) is 23.0. The standard InChI is InChI=1S/C23H24N2O5S/c1-5-11-30-18-9-7-16(8-10-18)12-17(13-24)21(27)25-22-19(23(28)29-6-2)14(3)20(31-22)15(4)26/h7-10,12H,5-6,11H2,1-4H3,(H,25,27)/b17-12+. The number of carbonyl (C=O) groups is 3. The third-order valence-corrected chi connectivity index (χ3v) is 5.51. The average Bonchev–Trinajstić information content (AvgIpc) is 3.07. The van der Waals surface area contributed by atoms with E-state index in [0.29, 0.717) is 28.4 Å². The van der Waals surface area contributed by atoms with Crippen LogP contribution in [0.15, 0.2) is 29.8 Å². The van der Waals surface area contributed by atoms with Gasteiger partial charge in [-0.2, -0.15) is 5.26 Å². The highest BCUT2D eigenvalue weighted by Gasteiger charge is 2.26. The molecule has 0 aliphatic carbocycles. The molecule has 0 unspecified atom stereocenters. The maximum absolute atomic E-state index is 12.7. The molecule has 1 amide bonds. The topological polar surface area (TPSA) is 105 Å². The van der Waals surface area contributed by atoms with E-state index in [9.17, 15) is 19.6 Å². The molecule has 31 heavy (non-hydrogen) atoms. The van der Waals surface area contributed by atoms with Crippen LogP contribution in [0, 0.1) is 18.3 Å². The normalized spacial score (nSPS) is 10.9. The smallest absolute Gasteiger partial charge is 0.341 e. The van der Waals surface area contributed by atoms with Crippen molar-refractivity contribution >= 4 is 40.1 Å². The number of ether oxygens (including phenoxy) is 2. The number of anilines is 1. The lowest BCUT2D eigenvalue weighted by Crippen LogP contribution is -2.16. The maximum atomic E-state index is 12.7. The SMILES string of the molecule is CCCOc1ccc(/C=C(\C#N)C(=O)Nc2sc(C(C)=O)c(C)c2C(=O)OCC)cc1. The van der Waals surface area contributed by atoms with Gasteiger partial charge in [-0.3, -0.25) is 9.59 Å². The van der Waals surface area contributed by atoms with Gasteiger partial charge in [0.2, 0.25) is 0 Å². The van der Waals surface area contributed by atoms with Crippen molar-refractivity contribution < 1.29 is 23.9 Å². The summed E-state index contributed by atoms with van der Waals surface area (Å²) in [5, 5.41) is 12.2. The van der Waals surface area contributed by atoms with E-state index >= 15 is 0 Å². The first-order chi connectivity index (χ1) is 14.8. The third kappa shape index (κ3) is 6.03. The van der Waals surface area contributed by atoms with Crippen LogP contribution in [0.5, 0.6) is 5.75 Å². The number of nitrogens with zero attached hydrogens (tertiary/aromatic N) is 1. The van der Waals surface area contributed by atoms with E-state index in [1.54, 1.807) is 38.1 Å². The number of rotatable bonds is 9. The second-order valence-corrected chi connectivity index (χ2v) is 7.60. The van der Waals surface area contributed by atoms with E-state index in [4.69, 9.17) is 9.47 Å². The Hall–Kier alpha value is -3.44. The number of nitrogens with one attached hydrogen (secondary N) is 1. The summed E-state index contributed by atoms with van der Waals surface area (Å²) in [4.78, 5) is 37.3. The molecule has 0 aliphatic rings. The van der Waals surface area contributed by atoms with Crippen LogP contribution in [0.4, 0.5) is 5.00 Å². The van der Waals surface area contributed by atoms with Crippen LogP contribution in [0.1, 0.15) is 58.3 Å². The highest BCUT2D eigenvalue weighted by molar-refractivity contribution is 7.18. The third-order valence-electron chi connectivity index (χ3n) is 4.20. The summed E-state index contributed by atoms with van der Waals surface area (Å²) < 4.78 is 10.6. The Morgan fingerprint density at radius 2 is 1.87 bits per heavy atom. The van der Waals surface area contributed by atoms with E-state index in [-0.39, 0.29) is 28.5 Å². The molecule has 2 aromatic rings. The Bertz CT molecular complexity index is 1050. The minimum atomic E-state index is -0.685. The van der Waals surface area contributed by atoms with Gasteiger partial charge >= 0.3 is 5.97 Å². The molecule has 0 atom stereocenters. The first-order valence-corrected chi connectivity index (χ1v) is 10.6. The Morgan fingerprint density at radius 3 is 2.42 bits per heavy atom. The van der Waals surface area contributed by atoms with Crippen LogP contribution in [0.3, 0.4) is 0 Å². The van der Waals surface area contributed by atoms with Crippen molar-refractivity contribution in [3.8, 4) is 11.8 Å². The Morgan fingerprint density at radius 1 is 1.19 bits per heavy atom. The lowest BCUT2D eigenvalue weighted by molar-refractivity contribution is -0.112. The Labute approximate surface area is 185 Å². The molecule has 0 fully saturated rings. The zero-order valence-electron chi connectivity index (χ0n) is 17.9. The molecule has 2 rings (SSSR count). The summed E-state index contributed by atoms with van der Waals surface area (Å²) in [6.45, 7) is 7.44. The van der Waals surface area contributed by atoms with Crippen molar-refractivity contribution in [3.63, 3.8) is 0 Å². The number of hydrogen-bond donors (Lipinski definition) is 1. The lowest BCUT2D eigenvalue weighted by atomic mass is 10.1. The highest BCUT2D eigenvalue weighted by atomic mass is 32.1. The van der Waals surface area contributed by atoms with Crippen LogP contribution in [-0.4, -0.2) is 30.9 Å². The fourth-order valence-electron chi connectivity index (χ4n) is 2.75. The Kier molecular flexibility index (Phi) is 8.53. The molecule has 1 N–H and O–H groups in total. The second kappa shape index (κ2) is 11.1. The molecule has 0 spiro atoms. The number of benzene rings is 1. The van der Waals surface area contributed by atoms with Crippen molar-refractivity contribution in [2.45, 2.75) is 34.1 Å². The summed E-state index contributed by atoms with van der Waals surface area (Å²) in [5.41, 5.74) is 1.07. The van der Waals surface area contributed by atoms with Gasteiger partial charge < -0.3 is 14.8 Å². The van der Waals surface area contributed by atoms with Gasteiger partial charge in [0.25, 0.3) is 5.91 Å². The minimum Gasteiger partial charge on any atom is -0.494 e. The largest absolute Gasteiger partial charge is 0.494 e. The van der Waals surface area contributed by atoms with Gasteiger partial charge in [0.15, 0.2) is 5.78 Å². The summed E-state index contributed by atoms with van der Waals surface area (Å²) >= 11 is 0.985. The van der Waals surface area contributed by atoms with E-state index in [0.717, 1.165) is 17.8 Å². The average molecular weight is 441 g/mol. The van der Waals surface area contributed by atoms with E-state index < -0.39 is 11.9 Å². The molecule has 162 valence electrons. The van der Waals surface area contributed by atoms with Crippen molar-refractivity contribution in [3.05, 3.63) is 51.4 Å². The number of esters is 1. The van der Waals surface area contributed by atoms with Crippen molar-refractivity contribution in [1.29, 1.82) is 5.26 Å². The second-order valence-electron chi connectivity index (χ2n) is 6.58. The Balaban J connectivity index is 2.31. The highest BCUT2D eigenvalue weighted by Crippen LogP contribution is 2.34. The number of thiophene rings is 1. The van der Waals surface area contributed by atoms with Gasteiger partial charge in [-0.25, -0.2) is 4.79 Å². The number of amides is 1. The van der Waals surface area contributed by atoms with Crippen LogP contribution >= 0.6 is 11.3 Å².